The van der Waals surface area contributed by atoms with Gasteiger partial charge in [0.15, 0.2) is 0 Å². The Bertz CT molecular complexity index is 185. The first kappa shape index (κ1) is 9.47. The molecule has 0 aromatic heterocycles. The maximum atomic E-state index is 3.64. The molecule has 1 atom stereocenters. The normalized spacial score (nSPS) is 31.8. The topological polar surface area (TPSA) is 15.3 Å². The fourth-order valence-electron chi connectivity index (χ4n) is 2.60. The monoisotopic (exact) mass is 182 g/mol. The van der Waals surface area contributed by atoms with Crippen LogP contribution in [-0.2, 0) is 0 Å². The Labute approximate surface area is 81.7 Å². The van der Waals surface area contributed by atoms with Crippen LogP contribution >= 0.6 is 0 Å². The molecule has 1 spiro atoms. The van der Waals surface area contributed by atoms with E-state index in [0.717, 1.165) is 18.6 Å². The van der Waals surface area contributed by atoms with E-state index >= 15 is 0 Å². The van der Waals surface area contributed by atoms with Crippen LogP contribution in [0.1, 0.15) is 33.6 Å². The Morgan fingerprint density at radius 3 is 2.62 bits per heavy atom. The molecule has 1 aliphatic heterocycles. The van der Waals surface area contributed by atoms with Crippen molar-refractivity contribution in [1.29, 1.82) is 0 Å². The second-order valence-electron chi connectivity index (χ2n) is 5.00. The van der Waals surface area contributed by atoms with Crippen molar-refractivity contribution in [3.05, 3.63) is 0 Å². The second-order valence-corrected chi connectivity index (χ2v) is 5.00. The lowest BCUT2D eigenvalue weighted by molar-refractivity contribution is 0.260. The summed E-state index contributed by atoms with van der Waals surface area (Å²) in [5.74, 6) is 0. The van der Waals surface area contributed by atoms with E-state index in [2.05, 4.69) is 31.0 Å². The van der Waals surface area contributed by atoms with Crippen molar-refractivity contribution in [3.63, 3.8) is 0 Å². The van der Waals surface area contributed by atoms with Crippen LogP contribution in [0.5, 0.6) is 0 Å². The average molecular weight is 182 g/mol. The smallest absolute Gasteiger partial charge is 0.0263 e. The van der Waals surface area contributed by atoms with Crippen LogP contribution in [0.15, 0.2) is 0 Å². The molecule has 0 aromatic carbocycles. The molecule has 0 amide bonds. The van der Waals surface area contributed by atoms with Gasteiger partial charge in [0.25, 0.3) is 0 Å². The minimum atomic E-state index is 0.681. The molecule has 2 rings (SSSR count). The third-order valence-corrected chi connectivity index (χ3v) is 3.75. The Kier molecular flexibility index (Phi) is 2.37. The van der Waals surface area contributed by atoms with Crippen molar-refractivity contribution in [2.75, 3.05) is 19.6 Å². The van der Waals surface area contributed by atoms with Crippen molar-refractivity contribution < 1.29 is 0 Å². The zero-order valence-electron chi connectivity index (χ0n) is 9.14. The van der Waals surface area contributed by atoms with E-state index in [0.29, 0.717) is 5.41 Å². The van der Waals surface area contributed by atoms with Gasteiger partial charge in [0.05, 0.1) is 0 Å². The van der Waals surface area contributed by atoms with Crippen LogP contribution in [0.3, 0.4) is 0 Å². The van der Waals surface area contributed by atoms with Gasteiger partial charge in [0.1, 0.15) is 0 Å². The molecule has 0 bridgehead atoms. The molecule has 1 aliphatic carbocycles. The van der Waals surface area contributed by atoms with Gasteiger partial charge in [-0.05, 0) is 38.6 Å². The Morgan fingerprint density at radius 2 is 2.15 bits per heavy atom. The van der Waals surface area contributed by atoms with Gasteiger partial charge in [0, 0.05) is 25.2 Å². The number of hydrogen-bond donors (Lipinski definition) is 1. The first-order valence-corrected chi connectivity index (χ1v) is 5.65. The summed E-state index contributed by atoms with van der Waals surface area (Å²) in [6.45, 7) is 10.6. The van der Waals surface area contributed by atoms with E-state index in [9.17, 15) is 0 Å². The van der Waals surface area contributed by atoms with Gasteiger partial charge in [-0.15, -0.1) is 0 Å². The SMILES string of the molecule is CCN[C@H]1CN(C(C)C)CC12CC2. The minimum Gasteiger partial charge on any atom is -0.312 e. The maximum Gasteiger partial charge on any atom is 0.0263 e. The van der Waals surface area contributed by atoms with Gasteiger partial charge in [-0.3, -0.25) is 4.90 Å². The predicted molar refractivity (Wildman–Crippen MR) is 55.8 cm³/mol. The van der Waals surface area contributed by atoms with E-state index in [1.165, 1.54) is 25.9 Å². The average Bonchev–Trinajstić information content (AvgIpc) is 2.73. The summed E-state index contributed by atoms with van der Waals surface area (Å²) in [5, 5.41) is 3.64. The number of likely N-dealkylation sites (tertiary alicyclic amines) is 1. The molecule has 76 valence electrons. The van der Waals surface area contributed by atoms with Crippen molar-refractivity contribution in [3.8, 4) is 0 Å². The number of likely N-dealkylation sites (N-methyl/N-ethyl adjacent to an activating group) is 1. The molecule has 2 heteroatoms. The Balaban J connectivity index is 1.97. The van der Waals surface area contributed by atoms with Gasteiger partial charge in [-0.25, -0.2) is 0 Å². The number of hydrogen-bond acceptors (Lipinski definition) is 2. The first-order valence-electron chi connectivity index (χ1n) is 5.65. The third-order valence-electron chi connectivity index (χ3n) is 3.75. The van der Waals surface area contributed by atoms with E-state index < -0.39 is 0 Å². The summed E-state index contributed by atoms with van der Waals surface area (Å²) in [5.41, 5.74) is 0.681. The Morgan fingerprint density at radius 1 is 1.46 bits per heavy atom. The van der Waals surface area contributed by atoms with Gasteiger partial charge in [-0.2, -0.15) is 0 Å². The van der Waals surface area contributed by atoms with Crippen LogP contribution in [-0.4, -0.2) is 36.6 Å². The summed E-state index contributed by atoms with van der Waals surface area (Å²) >= 11 is 0. The Hall–Kier alpha value is -0.0800. The highest BCUT2D eigenvalue weighted by Gasteiger charge is 2.54. The van der Waals surface area contributed by atoms with Crippen LogP contribution in [0.25, 0.3) is 0 Å². The van der Waals surface area contributed by atoms with E-state index in [1.807, 2.05) is 0 Å². The lowest BCUT2D eigenvalue weighted by atomic mass is 10.0. The van der Waals surface area contributed by atoms with Gasteiger partial charge < -0.3 is 5.32 Å². The number of nitrogens with one attached hydrogen (secondary N) is 1. The highest BCUT2D eigenvalue weighted by molar-refractivity contribution is 5.10. The van der Waals surface area contributed by atoms with Gasteiger partial charge in [-0.1, -0.05) is 6.92 Å². The van der Waals surface area contributed by atoms with Crippen molar-refractivity contribution >= 4 is 0 Å². The molecule has 1 heterocycles. The van der Waals surface area contributed by atoms with Gasteiger partial charge >= 0.3 is 0 Å². The standard InChI is InChI=1S/C11H22N2/c1-4-12-10-7-13(9(2)3)8-11(10)5-6-11/h9-10,12H,4-8H2,1-3H3/t10-/m0/s1. The summed E-state index contributed by atoms with van der Waals surface area (Å²) in [6.07, 6.45) is 2.90. The molecular weight excluding hydrogens is 160 g/mol. The van der Waals surface area contributed by atoms with Crippen LogP contribution < -0.4 is 5.32 Å². The van der Waals surface area contributed by atoms with Crippen molar-refractivity contribution in [2.24, 2.45) is 5.41 Å². The van der Waals surface area contributed by atoms with Crippen LogP contribution in [0.2, 0.25) is 0 Å². The lowest BCUT2D eigenvalue weighted by Gasteiger charge is -2.20. The second kappa shape index (κ2) is 3.25. The van der Waals surface area contributed by atoms with E-state index in [4.69, 9.17) is 0 Å². The quantitative estimate of drug-likeness (QED) is 0.711. The minimum absolute atomic E-state index is 0.681. The molecule has 1 saturated heterocycles. The molecule has 2 fully saturated rings. The molecule has 1 saturated carbocycles. The molecule has 0 radical (unpaired) electrons. The van der Waals surface area contributed by atoms with Crippen molar-refractivity contribution in [1.82, 2.24) is 10.2 Å². The third kappa shape index (κ3) is 1.62. The fourth-order valence-corrected chi connectivity index (χ4v) is 2.60. The fraction of sp³-hybridized carbons (Fsp3) is 1.00. The summed E-state index contributed by atoms with van der Waals surface area (Å²) in [6, 6.07) is 1.50. The lowest BCUT2D eigenvalue weighted by Crippen LogP contribution is -2.37. The summed E-state index contributed by atoms with van der Waals surface area (Å²) < 4.78 is 0. The highest BCUT2D eigenvalue weighted by atomic mass is 15.2. The highest BCUT2D eigenvalue weighted by Crippen LogP contribution is 2.53. The van der Waals surface area contributed by atoms with Crippen LogP contribution in [0, 0.1) is 5.41 Å². The largest absolute Gasteiger partial charge is 0.312 e. The number of nitrogens with zero attached hydrogens (tertiary/aromatic N) is 1. The number of rotatable bonds is 3. The molecule has 13 heavy (non-hydrogen) atoms. The predicted octanol–water partition coefficient (Wildman–Crippen LogP) is 1.47. The van der Waals surface area contributed by atoms with E-state index in [1.54, 1.807) is 0 Å². The van der Waals surface area contributed by atoms with E-state index in [-0.39, 0.29) is 0 Å². The molecule has 1 N–H and O–H groups in total. The van der Waals surface area contributed by atoms with Crippen LogP contribution in [0.4, 0.5) is 0 Å². The molecule has 2 nitrogen and oxygen atoms in total. The molecular formula is C11H22N2. The zero-order chi connectivity index (χ0) is 9.47. The molecule has 0 aromatic rings. The van der Waals surface area contributed by atoms with Crippen molar-refractivity contribution in [2.45, 2.75) is 45.7 Å². The van der Waals surface area contributed by atoms with Gasteiger partial charge in [0.2, 0.25) is 0 Å². The molecule has 2 aliphatic rings. The zero-order valence-corrected chi connectivity index (χ0v) is 9.14. The first-order chi connectivity index (χ1) is 6.18. The summed E-state index contributed by atoms with van der Waals surface area (Å²) in [7, 11) is 0. The maximum absolute atomic E-state index is 3.64. The molecule has 0 unspecified atom stereocenters. The summed E-state index contributed by atoms with van der Waals surface area (Å²) in [4.78, 5) is 2.63.